The molecular formula is C34H32F6N2O4. The lowest BCUT2D eigenvalue weighted by molar-refractivity contribution is -0.154. The molecular weight excluding hydrogens is 614 g/mol. The number of allylic oxidation sites excluding steroid dienone is 1. The number of nitrogens with zero attached hydrogens (tertiary/aromatic N) is 2. The lowest BCUT2D eigenvalue weighted by Gasteiger charge is -2.58. The van der Waals surface area contributed by atoms with Crippen LogP contribution < -0.4 is 0 Å². The lowest BCUT2D eigenvalue weighted by atomic mass is 9.53. The number of hydrogen-bond acceptors (Lipinski definition) is 3. The molecule has 0 spiro atoms. The quantitative estimate of drug-likeness (QED) is 0.152. The molecule has 12 heteroatoms. The second-order valence-corrected chi connectivity index (χ2v) is 11.3. The van der Waals surface area contributed by atoms with E-state index in [1.54, 1.807) is 25.1 Å². The number of carboxylic acids is 2. The van der Waals surface area contributed by atoms with Gasteiger partial charge in [-0.3, -0.25) is 4.79 Å². The van der Waals surface area contributed by atoms with Gasteiger partial charge in [0.2, 0.25) is 0 Å². The largest absolute Gasteiger partial charge is 0.481 e. The Labute approximate surface area is 261 Å². The zero-order chi connectivity index (χ0) is 34.2. The third-order valence-corrected chi connectivity index (χ3v) is 8.90. The lowest BCUT2D eigenvalue weighted by Crippen LogP contribution is -2.66. The summed E-state index contributed by atoms with van der Waals surface area (Å²) in [6, 6.07) is 16.6. The van der Waals surface area contributed by atoms with Crippen molar-refractivity contribution in [3.8, 4) is 0 Å². The van der Waals surface area contributed by atoms with E-state index in [0.29, 0.717) is 0 Å². The Hall–Kier alpha value is -4.61. The highest BCUT2D eigenvalue weighted by Gasteiger charge is 2.64. The number of benzene rings is 3. The maximum Gasteiger partial charge on any atom is 0.418 e. The van der Waals surface area contributed by atoms with E-state index in [9.17, 15) is 46.1 Å². The molecule has 0 amide bonds. The second kappa shape index (κ2) is 12.3. The summed E-state index contributed by atoms with van der Waals surface area (Å²) in [5.41, 5.74) is -7.79. The summed E-state index contributed by atoms with van der Waals surface area (Å²) in [5, 5.41) is 21.6. The summed E-state index contributed by atoms with van der Waals surface area (Å²) < 4.78 is 85.8. The van der Waals surface area contributed by atoms with Crippen molar-refractivity contribution in [3.05, 3.63) is 112 Å². The maximum absolute atomic E-state index is 14.5. The SMILES string of the molecule is CCC1(c2ccccc2C(F)(F)F)C(C(=O)O)=C(C)N(C(=Nc2ccccc2C(F)(F)F)c2ccccc2)C(C)(CC)C1C(=O)O. The minimum absolute atomic E-state index is 0.0725. The summed E-state index contributed by atoms with van der Waals surface area (Å²) >= 11 is 0. The molecule has 3 atom stereocenters. The molecule has 4 rings (SSSR count). The smallest absolute Gasteiger partial charge is 0.418 e. The van der Waals surface area contributed by atoms with Crippen molar-refractivity contribution in [1.82, 2.24) is 4.90 Å². The predicted octanol–water partition coefficient (Wildman–Crippen LogP) is 8.69. The van der Waals surface area contributed by atoms with Gasteiger partial charge in [-0.25, -0.2) is 9.79 Å². The molecule has 0 bridgehead atoms. The molecule has 3 aromatic rings. The van der Waals surface area contributed by atoms with Gasteiger partial charge in [0.25, 0.3) is 0 Å². The number of para-hydroxylation sites is 1. The molecule has 3 aromatic carbocycles. The molecule has 0 aliphatic carbocycles. The second-order valence-electron chi connectivity index (χ2n) is 11.3. The van der Waals surface area contributed by atoms with Gasteiger partial charge >= 0.3 is 24.3 Å². The van der Waals surface area contributed by atoms with E-state index in [4.69, 9.17) is 0 Å². The van der Waals surface area contributed by atoms with E-state index in [2.05, 4.69) is 4.99 Å². The number of halogens is 6. The van der Waals surface area contributed by atoms with Gasteiger partial charge in [-0.2, -0.15) is 26.3 Å². The van der Waals surface area contributed by atoms with Crippen LogP contribution in [0.25, 0.3) is 0 Å². The zero-order valence-corrected chi connectivity index (χ0v) is 25.4. The Balaban J connectivity index is 2.24. The molecule has 0 saturated carbocycles. The highest BCUT2D eigenvalue weighted by molar-refractivity contribution is 6.04. The summed E-state index contributed by atoms with van der Waals surface area (Å²) in [6.45, 7) is 5.80. The summed E-state index contributed by atoms with van der Waals surface area (Å²) in [5.74, 6) is -5.30. The van der Waals surface area contributed by atoms with E-state index in [1.165, 1.54) is 56.0 Å². The number of rotatable bonds is 7. The molecule has 0 fully saturated rings. The van der Waals surface area contributed by atoms with Gasteiger partial charge in [-0.05, 0) is 50.5 Å². The Bertz CT molecular complexity index is 1700. The number of aliphatic carboxylic acids is 2. The Morgan fingerprint density at radius 2 is 1.33 bits per heavy atom. The van der Waals surface area contributed by atoms with Crippen molar-refractivity contribution >= 4 is 23.5 Å². The predicted molar refractivity (Wildman–Crippen MR) is 159 cm³/mol. The highest BCUT2D eigenvalue weighted by atomic mass is 19.4. The normalized spacial score (nSPS) is 22.6. The van der Waals surface area contributed by atoms with E-state index in [-0.39, 0.29) is 29.9 Å². The monoisotopic (exact) mass is 646 g/mol. The van der Waals surface area contributed by atoms with Gasteiger partial charge in [0.05, 0.1) is 33.8 Å². The summed E-state index contributed by atoms with van der Waals surface area (Å²) in [4.78, 5) is 32.4. The molecule has 6 nitrogen and oxygen atoms in total. The molecule has 1 heterocycles. The fourth-order valence-corrected chi connectivity index (χ4v) is 6.94. The fourth-order valence-electron chi connectivity index (χ4n) is 6.94. The topological polar surface area (TPSA) is 90.2 Å². The number of aliphatic imine (C=N–C) groups is 1. The molecule has 0 radical (unpaired) electrons. The Morgan fingerprint density at radius 3 is 1.83 bits per heavy atom. The minimum atomic E-state index is -4.96. The van der Waals surface area contributed by atoms with Crippen molar-refractivity contribution in [2.75, 3.05) is 0 Å². The number of hydrogen-bond donors (Lipinski definition) is 2. The van der Waals surface area contributed by atoms with Crippen LogP contribution in [0.4, 0.5) is 32.0 Å². The van der Waals surface area contributed by atoms with Crippen molar-refractivity contribution in [2.24, 2.45) is 10.9 Å². The maximum atomic E-state index is 14.5. The van der Waals surface area contributed by atoms with Gasteiger partial charge in [-0.1, -0.05) is 74.5 Å². The Kier molecular flexibility index (Phi) is 9.16. The van der Waals surface area contributed by atoms with Crippen LogP contribution in [0.2, 0.25) is 0 Å². The van der Waals surface area contributed by atoms with Gasteiger partial charge in [0.1, 0.15) is 5.84 Å². The van der Waals surface area contributed by atoms with Gasteiger partial charge in [0, 0.05) is 16.7 Å². The van der Waals surface area contributed by atoms with E-state index < -0.39 is 69.1 Å². The van der Waals surface area contributed by atoms with Gasteiger partial charge in [0.15, 0.2) is 0 Å². The van der Waals surface area contributed by atoms with E-state index >= 15 is 0 Å². The van der Waals surface area contributed by atoms with Crippen LogP contribution in [0.1, 0.15) is 62.8 Å². The van der Waals surface area contributed by atoms with Crippen molar-refractivity contribution in [3.63, 3.8) is 0 Å². The first kappa shape index (κ1) is 34.3. The van der Waals surface area contributed by atoms with Gasteiger partial charge < -0.3 is 15.1 Å². The highest BCUT2D eigenvalue weighted by Crippen LogP contribution is 2.57. The van der Waals surface area contributed by atoms with Crippen molar-refractivity contribution < 1.29 is 46.1 Å². The molecule has 2 N–H and O–H groups in total. The van der Waals surface area contributed by atoms with Crippen molar-refractivity contribution in [2.45, 2.75) is 63.8 Å². The van der Waals surface area contributed by atoms with Gasteiger partial charge in [-0.15, -0.1) is 0 Å². The molecule has 0 saturated heterocycles. The van der Waals surface area contributed by atoms with Crippen LogP contribution in [-0.2, 0) is 27.4 Å². The first-order valence-electron chi connectivity index (χ1n) is 14.4. The Morgan fingerprint density at radius 1 is 0.804 bits per heavy atom. The summed E-state index contributed by atoms with van der Waals surface area (Å²) in [7, 11) is 0. The number of carbonyl (C=O) groups is 2. The molecule has 1 aliphatic heterocycles. The standard InChI is InChI=1S/C34H32F6N2O4/c1-5-31(4)27(30(45)46)32(6-2,22-16-10-11-17-23(22)33(35,36)37)26(29(43)44)20(3)42(31)28(21-14-8-7-9-15-21)41-25-19-13-12-18-24(25)34(38,39)40/h7-19,27H,5-6H2,1-4H3,(H,43,44)(H,45,46). The third-order valence-electron chi connectivity index (χ3n) is 8.90. The number of alkyl halides is 6. The van der Waals surface area contributed by atoms with E-state index in [0.717, 1.165) is 30.3 Å². The van der Waals surface area contributed by atoms with Crippen LogP contribution >= 0.6 is 0 Å². The van der Waals surface area contributed by atoms with Crippen LogP contribution in [0.3, 0.4) is 0 Å². The van der Waals surface area contributed by atoms with Crippen LogP contribution in [-0.4, -0.2) is 38.4 Å². The van der Waals surface area contributed by atoms with Crippen molar-refractivity contribution in [1.29, 1.82) is 0 Å². The van der Waals surface area contributed by atoms with E-state index in [1.807, 2.05) is 0 Å². The average molecular weight is 647 g/mol. The number of amidine groups is 1. The molecule has 0 aromatic heterocycles. The first-order chi connectivity index (χ1) is 21.5. The third kappa shape index (κ3) is 5.65. The fraction of sp³-hybridized carbons (Fsp3) is 0.324. The van der Waals surface area contributed by atoms with Crippen LogP contribution in [0.15, 0.2) is 95.1 Å². The van der Waals surface area contributed by atoms with Crippen LogP contribution in [0, 0.1) is 5.92 Å². The molecule has 46 heavy (non-hydrogen) atoms. The molecule has 3 unspecified atom stereocenters. The first-order valence-corrected chi connectivity index (χ1v) is 14.4. The summed E-state index contributed by atoms with van der Waals surface area (Å²) in [6.07, 6.45) is -10.2. The van der Waals surface area contributed by atoms with Crippen LogP contribution in [0.5, 0.6) is 0 Å². The number of carboxylic acid groups (broad SMARTS) is 2. The average Bonchev–Trinajstić information content (AvgIpc) is 2.99. The molecule has 244 valence electrons. The minimum Gasteiger partial charge on any atom is -0.481 e. The molecule has 1 aliphatic rings. The zero-order valence-electron chi connectivity index (χ0n) is 25.4.